The van der Waals surface area contributed by atoms with Crippen molar-refractivity contribution in [3.63, 3.8) is 0 Å². The molecule has 1 N–H and O–H groups in total. The van der Waals surface area contributed by atoms with Crippen molar-refractivity contribution >= 4 is 22.9 Å². The normalized spacial score (nSPS) is 17.7. The molecule has 1 aliphatic rings. The smallest absolute Gasteiger partial charge is 0.127 e. The van der Waals surface area contributed by atoms with Crippen LogP contribution in [0.25, 0.3) is 0 Å². The molecule has 1 atom stereocenters. The number of ether oxygens (including phenoxy) is 3. The largest absolute Gasteiger partial charge is 0.492 e. The summed E-state index contributed by atoms with van der Waals surface area (Å²) in [7, 11) is 1.71. The number of hydrogen-bond donors (Lipinski definition) is 1. The Labute approximate surface area is 133 Å². The second-order valence-corrected chi connectivity index (χ2v) is 5.04. The van der Waals surface area contributed by atoms with E-state index in [0.717, 1.165) is 30.2 Å². The molecule has 0 spiro atoms. The maximum absolute atomic E-state index is 5.78. The quantitative estimate of drug-likeness (QED) is 0.443. The second-order valence-electron chi connectivity index (χ2n) is 4.28. The van der Waals surface area contributed by atoms with Crippen molar-refractivity contribution in [2.45, 2.75) is 12.5 Å². The van der Waals surface area contributed by atoms with E-state index in [1.165, 1.54) is 0 Å². The zero-order chi connectivity index (χ0) is 14.2. The average Bonchev–Trinajstić information content (AvgIpc) is 2.50. The molecular weight excluding hydrogens is 369 g/mol. The standard InChI is InChI=1S/C15H18INO3/c1-18-12-2-6-14(7-3-12)20-15-8-4-13(5-9-15)19-11-10-17-16/h2,4-9,12,17H,3,10-11H2,1H3. The van der Waals surface area contributed by atoms with Crippen molar-refractivity contribution in [1.82, 2.24) is 3.53 Å². The fourth-order valence-corrected chi connectivity index (χ4v) is 2.00. The third kappa shape index (κ3) is 4.81. The van der Waals surface area contributed by atoms with Crippen LogP contribution in [0, 0.1) is 0 Å². The number of allylic oxidation sites excluding steroid dienone is 1. The Morgan fingerprint density at radius 3 is 2.60 bits per heavy atom. The first-order valence-electron chi connectivity index (χ1n) is 6.47. The van der Waals surface area contributed by atoms with Crippen molar-refractivity contribution in [3.05, 3.63) is 48.3 Å². The first kappa shape index (κ1) is 15.3. The number of benzene rings is 1. The molecule has 0 amide bonds. The molecule has 0 aliphatic heterocycles. The summed E-state index contributed by atoms with van der Waals surface area (Å²) in [6.45, 7) is 1.46. The lowest BCUT2D eigenvalue weighted by atomic mass is 10.1. The first-order valence-corrected chi connectivity index (χ1v) is 7.55. The molecule has 5 heteroatoms. The number of methoxy groups -OCH3 is 1. The highest BCUT2D eigenvalue weighted by Crippen LogP contribution is 2.22. The zero-order valence-electron chi connectivity index (χ0n) is 11.3. The van der Waals surface area contributed by atoms with E-state index in [9.17, 15) is 0 Å². The number of rotatable bonds is 7. The zero-order valence-corrected chi connectivity index (χ0v) is 13.5. The van der Waals surface area contributed by atoms with Gasteiger partial charge in [0.05, 0.1) is 6.10 Å². The second kappa shape index (κ2) is 8.28. The van der Waals surface area contributed by atoms with Crippen LogP contribution < -0.4 is 13.0 Å². The highest BCUT2D eigenvalue weighted by Gasteiger charge is 2.08. The van der Waals surface area contributed by atoms with Gasteiger partial charge in [-0.05, 0) is 42.8 Å². The summed E-state index contributed by atoms with van der Waals surface area (Å²) < 4.78 is 19.6. The average molecular weight is 387 g/mol. The van der Waals surface area contributed by atoms with E-state index in [2.05, 4.69) is 26.4 Å². The Bertz CT molecular complexity index is 471. The fraction of sp³-hybridized carbons (Fsp3) is 0.333. The number of nitrogens with one attached hydrogen (secondary N) is 1. The van der Waals surface area contributed by atoms with E-state index in [0.29, 0.717) is 6.61 Å². The van der Waals surface area contributed by atoms with Gasteiger partial charge in [0.25, 0.3) is 0 Å². The molecule has 1 unspecified atom stereocenters. The predicted molar refractivity (Wildman–Crippen MR) is 87.2 cm³/mol. The minimum atomic E-state index is 0.157. The highest BCUT2D eigenvalue weighted by molar-refractivity contribution is 14.1. The molecule has 108 valence electrons. The van der Waals surface area contributed by atoms with Gasteiger partial charge < -0.3 is 14.2 Å². The van der Waals surface area contributed by atoms with Gasteiger partial charge >= 0.3 is 0 Å². The van der Waals surface area contributed by atoms with E-state index in [1.807, 2.05) is 42.5 Å². The van der Waals surface area contributed by atoms with Crippen LogP contribution in [-0.2, 0) is 4.74 Å². The maximum atomic E-state index is 5.78. The van der Waals surface area contributed by atoms with Crippen LogP contribution in [0.2, 0.25) is 0 Å². The SMILES string of the molecule is COC1C=CC(Oc2ccc(OCCNI)cc2)=CC1. The Hall–Kier alpha value is -1.05. The van der Waals surface area contributed by atoms with Gasteiger partial charge in [-0.25, -0.2) is 0 Å². The van der Waals surface area contributed by atoms with E-state index in [4.69, 9.17) is 14.2 Å². The van der Waals surface area contributed by atoms with Crippen LogP contribution in [0.15, 0.2) is 48.3 Å². The molecule has 20 heavy (non-hydrogen) atoms. The molecule has 1 aromatic rings. The molecule has 0 saturated heterocycles. The van der Waals surface area contributed by atoms with Crippen LogP contribution in [0.5, 0.6) is 11.5 Å². The van der Waals surface area contributed by atoms with Gasteiger partial charge in [-0.15, -0.1) is 0 Å². The van der Waals surface area contributed by atoms with E-state index in [1.54, 1.807) is 7.11 Å². The molecule has 1 aliphatic carbocycles. The maximum Gasteiger partial charge on any atom is 0.127 e. The Morgan fingerprint density at radius 1 is 1.25 bits per heavy atom. The third-order valence-electron chi connectivity index (χ3n) is 2.85. The number of hydrogen-bond acceptors (Lipinski definition) is 4. The molecule has 0 fully saturated rings. The molecule has 4 nitrogen and oxygen atoms in total. The van der Waals surface area contributed by atoms with Gasteiger partial charge in [-0.2, -0.15) is 0 Å². The summed E-state index contributed by atoms with van der Waals surface area (Å²) in [6, 6.07) is 7.63. The molecule has 0 aromatic heterocycles. The molecule has 0 heterocycles. The third-order valence-corrected chi connectivity index (χ3v) is 3.39. The summed E-state index contributed by atoms with van der Waals surface area (Å²) in [5.74, 6) is 2.49. The fourth-order valence-electron chi connectivity index (χ4n) is 1.78. The summed E-state index contributed by atoms with van der Waals surface area (Å²) in [4.78, 5) is 0. The van der Waals surface area contributed by atoms with Crippen LogP contribution in [0.1, 0.15) is 6.42 Å². The Morgan fingerprint density at radius 2 is 2.00 bits per heavy atom. The number of halogens is 1. The van der Waals surface area contributed by atoms with Gasteiger partial charge in [0, 0.05) is 36.5 Å². The predicted octanol–water partition coefficient (Wildman–Crippen LogP) is 3.24. The van der Waals surface area contributed by atoms with Crippen LogP contribution >= 0.6 is 22.9 Å². The van der Waals surface area contributed by atoms with Gasteiger partial charge in [0.15, 0.2) is 0 Å². The van der Waals surface area contributed by atoms with E-state index in [-0.39, 0.29) is 6.10 Å². The minimum Gasteiger partial charge on any atom is -0.492 e. The molecule has 0 radical (unpaired) electrons. The monoisotopic (exact) mass is 387 g/mol. The summed E-state index contributed by atoms with van der Waals surface area (Å²) in [5, 5.41) is 0. The van der Waals surface area contributed by atoms with Crippen molar-refractivity contribution in [2.75, 3.05) is 20.3 Å². The van der Waals surface area contributed by atoms with Crippen molar-refractivity contribution in [2.24, 2.45) is 0 Å². The molecule has 2 rings (SSSR count). The Kier molecular flexibility index (Phi) is 6.35. The molecule has 0 saturated carbocycles. The summed E-state index contributed by atoms with van der Waals surface area (Å²) in [6.07, 6.45) is 6.97. The van der Waals surface area contributed by atoms with Gasteiger partial charge in [0.2, 0.25) is 0 Å². The first-order chi connectivity index (χ1) is 9.81. The van der Waals surface area contributed by atoms with Gasteiger partial charge in [-0.1, -0.05) is 6.08 Å². The van der Waals surface area contributed by atoms with E-state index < -0.39 is 0 Å². The molecular formula is C15H18INO3. The van der Waals surface area contributed by atoms with Gasteiger partial charge in [-0.3, -0.25) is 3.53 Å². The summed E-state index contributed by atoms with van der Waals surface area (Å²) >= 11 is 2.10. The summed E-state index contributed by atoms with van der Waals surface area (Å²) in [5.41, 5.74) is 0. The molecule has 1 aromatic carbocycles. The van der Waals surface area contributed by atoms with Crippen molar-refractivity contribution < 1.29 is 14.2 Å². The van der Waals surface area contributed by atoms with E-state index >= 15 is 0 Å². The molecule has 0 bridgehead atoms. The van der Waals surface area contributed by atoms with Crippen LogP contribution in [-0.4, -0.2) is 26.4 Å². The van der Waals surface area contributed by atoms with Crippen LogP contribution in [0.4, 0.5) is 0 Å². The van der Waals surface area contributed by atoms with Crippen molar-refractivity contribution in [1.29, 1.82) is 0 Å². The van der Waals surface area contributed by atoms with Crippen molar-refractivity contribution in [3.8, 4) is 11.5 Å². The minimum absolute atomic E-state index is 0.157. The lowest BCUT2D eigenvalue weighted by Gasteiger charge is -2.15. The Balaban J connectivity index is 1.85. The lowest BCUT2D eigenvalue weighted by molar-refractivity contribution is 0.141. The van der Waals surface area contributed by atoms with Gasteiger partial charge in [0.1, 0.15) is 23.9 Å². The van der Waals surface area contributed by atoms with Crippen LogP contribution in [0.3, 0.4) is 0 Å². The lowest BCUT2D eigenvalue weighted by Crippen LogP contribution is -2.11. The topological polar surface area (TPSA) is 39.7 Å². The highest BCUT2D eigenvalue weighted by atomic mass is 127.